The van der Waals surface area contributed by atoms with Crippen LogP contribution in [-0.4, -0.2) is 20.4 Å². The number of amides is 1. The summed E-state index contributed by atoms with van der Waals surface area (Å²) in [6.45, 7) is 0. The zero-order valence-electron chi connectivity index (χ0n) is 14.9. The summed E-state index contributed by atoms with van der Waals surface area (Å²) in [6.07, 6.45) is 4.25. The molecule has 1 amide bonds. The van der Waals surface area contributed by atoms with Crippen molar-refractivity contribution < 1.29 is 4.79 Å². The molecular formula is C21H18N4O3. The lowest BCUT2D eigenvalue weighted by atomic mass is 10.0. The van der Waals surface area contributed by atoms with Crippen LogP contribution in [0.15, 0.2) is 82.6 Å². The summed E-state index contributed by atoms with van der Waals surface area (Å²) < 4.78 is 1.86. The summed E-state index contributed by atoms with van der Waals surface area (Å²) in [4.78, 5) is 41.0. The van der Waals surface area contributed by atoms with Gasteiger partial charge < -0.3 is 19.9 Å². The van der Waals surface area contributed by atoms with E-state index >= 15 is 0 Å². The van der Waals surface area contributed by atoms with Crippen LogP contribution in [0, 0.1) is 0 Å². The van der Waals surface area contributed by atoms with Crippen LogP contribution in [0.1, 0.15) is 11.6 Å². The highest BCUT2D eigenvalue weighted by Crippen LogP contribution is 2.19. The minimum absolute atomic E-state index is 0.175. The molecule has 7 heteroatoms. The van der Waals surface area contributed by atoms with E-state index in [2.05, 4.69) is 15.3 Å². The summed E-state index contributed by atoms with van der Waals surface area (Å²) in [5.41, 5.74) is 1.09. The average Bonchev–Trinajstić information content (AvgIpc) is 3.22. The summed E-state index contributed by atoms with van der Waals surface area (Å²) in [5.74, 6) is -0.175. The molecule has 4 rings (SSSR count). The fourth-order valence-corrected chi connectivity index (χ4v) is 3.14. The normalized spacial score (nSPS) is 12.0. The molecule has 4 aromatic rings. The molecule has 7 nitrogen and oxygen atoms in total. The quantitative estimate of drug-likeness (QED) is 0.468. The zero-order chi connectivity index (χ0) is 19.5. The predicted octanol–water partition coefficient (Wildman–Crippen LogP) is 2.44. The molecule has 0 aliphatic carbocycles. The van der Waals surface area contributed by atoms with E-state index in [1.165, 1.54) is 0 Å². The van der Waals surface area contributed by atoms with Crippen molar-refractivity contribution in [2.24, 2.45) is 0 Å². The minimum Gasteiger partial charge on any atom is -0.342 e. The van der Waals surface area contributed by atoms with E-state index in [9.17, 15) is 14.4 Å². The SMILES string of the molecule is O=C(Nc1ccc2[nH]c(=O)c(=O)[nH]c2c1)C(Cc1ccccc1)n1cccc1. The number of carbonyl (C=O) groups excluding carboxylic acids is 1. The summed E-state index contributed by atoms with van der Waals surface area (Å²) in [7, 11) is 0. The molecule has 2 aromatic heterocycles. The van der Waals surface area contributed by atoms with Crippen molar-refractivity contribution in [2.45, 2.75) is 12.5 Å². The first-order valence-electron chi connectivity index (χ1n) is 8.84. The molecule has 140 valence electrons. The number of aromatic amines is 2. The van der Waals surface area contributed by atoms with Gasteiger partial charge in [-0.1, -0.05) is 30.3 Å². The lowest BCUT2D eigenvalue weighted by molar-refractivity contribution is -0.119. The van der Waals surface area contributed by atoms with Crippen LogP contribution in [0.5, 0.6) is 0 Å². The predicted molar refractivity (Wildman–Crippen MR) is 107 cm³/mol. The van der Waals surface area contributed by atoms with Crippen LogP contribution in [0.3, 0.4) is 0 Å². The second-order valence-corrected chi connectivity index (χ2v) is 6.49. The van der Waals surface area contributed by atoms with Gasteiger partial charge in [0.1, 0.15) is 6.04 Å². The molecule has 0 aliphatic rings. The van der Waals surface area contributed by atoms with Gasteiger partial charge in [-0.05, 0) is 35.9 Å². The van der Waals surface area contributed by atoms with Crippen LogP contribution in [0.4, 0.5) is 5.69 Å². The molecule has 2 aromatic carbocycles. The van der Waals surface area contributed by atoms with Crippen LogP contribution >= 0.6 is 0 Å². The van der Waals surface area contributed by atoms with Gasteiger partial charge in [-0.2, -0.15) is 0 Å². The monoisotopic (exact) mass is 374 g/mol. The fraction of sp³-hybridized carbons (Fsp3) is 0.0952. The van der Waals surface area contributed by atoms with Crippen molar-refractivity contribution in [3.63, 3.8) is 0 Å². The maximum atomic E-state index is 13.0. The van der Waals surface area contributed by atoms with E-state index in [1.54, 1.807) is 18.2 Å². The van der Waals surface area contributed by atoms with Gasteiger partial charge in [0.15, 0.2) is 0 Å². The number of nitrogens with one attached hydrogen (secondary N) is 3. The van der Waals surface area contributed by atoms with Gasteiger partial charge in [0.05, 0.1) is 11.0 Å². The maximum absolute atomic E-state index is 13.0. The molecule has 0 saturated heterocycles. The van der Waals surface area contributed by atoms with Crippen LogP contribution < -0.4 is 16.4 Å². The molecule has 3 N–H and O–H groups in total. The molecular weight excluding hydrogens is 356 g/mol. The van der Waals surface area contributed by atoms with Crippen molar-refractivity contribution in [1.29, 1.82) is 0 Å². The van der Waals surface area contributed by atoms with E-state index in [0.717, 1.165) is 5.56 Å². The first-order chi connectivity index (χ1) is 13.6. The van der Waals surface area contributed by atoms with Crippen molar-refractivity contribution in [1.82, 2.24) is 14.5 Å². The first-order valence-corrected chi connectivity index (χ1v) is 8.84. The third kappa shape index (κ3) is 3.64. The van der Waals surface area contributed by atoms with Gasteiger partial charge in [-0.3, -0.25) is 14.4 Å². The summed E-state index contributed by atoms with van der Waals surface area (Å²) in [5, 5.41) is 2.90. The Morgan fingerprint density at radius 3 is 2.29 bits per heavy atom. The van der Waals surface area contributed by atoms with E-state index in [0.29, 0.717) is 23.1 Å². The number of hydrogen-bond donors (Lipinski definition) is 3. The molecule has 2 heterocycles. The Morgan fingerprint density at radius 1 is 0.893 bits per heavy atom. The first kappa shape index (κ1) is 17.5. The second kappa shape index (κ2) is 7.40. The molecule has 1 unspecified atom stereocenters. The van der Waals surface area contributed by atoms with Crippen molar-refractivity contribution in [2.75, 3.05) is 5.32 Å². The zero-order valence-corrected chi connectivity index (χ0v) is 14.9. The van der Waals surface area contributed by atoms with Gasteiger partial charge >= 0.3 is 11.1 Å². The number of rotatable bonds is 5. The van der Waals surface area contributed by atoms with E-state index in [1.807, 2.05) is 59.4 Å². The highest BCUT2D eigenvalue weighted by molar-refractivity contribution is 5.95. The molecule has 0 saturated carbocycles. The lowest BCUT2D eigenvalue weighted by Gasteiger charge is -2.19. The Balaban J connectivity index is 1.62. The number of H-pyrrole nitrogens is 2. The Bertz CT molecular complexity index is 1220. The van der Waals surface area contributed by atoms with Gasteiger partial charge in [-0.25, -0.2) is 0 Å². The molecule has 28 heavy (non-hydrogen) atoms. The largest absolute Gasteiger partial charge is 0.342 e. The van der Waals surface area contributed by atoms with Crippen LogP contribution in [0.2, 0.25) is 0 Å². The average molecular weight is 374 g/mol. The van der Waals surface area contributed by atoms with Gasteiger partial charge in [0.2, 0.25) is 5.91 Å². The van der Waals surface area contributed by atoms with Crippen molar-refractivity contribution >= 4 is 22.6 Å². The Labute approximate surface area is 159 Å². The highest BCUT2D eigenvalue weighted by Gasteiger charge is 2.20. The number of carbonyl (C=O) groups is 1. The highest BCUT2D eigenvalue weighted by atomic mass is 16.2. The Kier molecular flexibility index (Phi) is 4.63. The van der Waals surface area contributed by atoms with Gasteiger partial charge in [0.25, 0.3) is 0 Å². The maximum Gasteiger partial charge on any atom is 0.314 e. The molecule has 0 spiro atoms. The van der Waals surface area contributed by atoms with E-state index in [-0.39, 0.29) is 5.91 Å². The lowest BCUT2D eigenvalue weighted by Crippen LogP contribution is -2.29. The topological polar surface area (TPSA) is 99.8 Å². The van der Waals surface area contributed by atoms with E-state index in [4.69, 9.17) is 0 Å². The standard InChI is InChI=1S/C21H18N4O3/c26-19(18(25-10-4-5-11-25)12-14-6-2-1-3-7-14)22-15-8-9-16-17(13-15)24-21(28)20(27)23-16/h1-11,13,18H,12H2,(H,22,26)(H,23,27)(H,24,28). The second-order valence-electron chi connectivity index (χ2n) is 6.49. The third-order valence-electron chi connectivity index (χ3n) is 4.55. The number of benzene rings is 2. The number of hydrogen-bond acceptors (Lipinski definition) is 3. The third-order valence-corrected chi connectivity index (χ3v) is 4.55. The molecule has 0 aliphatic heterocycles. The molecule has 0 fully saturated rings. The molecule has 1 atom stereocenters. The van der Waals surface area contributed by atoms with Gasteiger partial charge in [0, 0.05) is 24.5 Å². The molecule has 0 bridgehead atoms. The van der Waals surface area contributed by atoms with Crippen molar-refractivity contribution in [3.05, 3.63) is 99.3 Å². The number of anilines is 1. The van der Waals surface area contributed by atoms with Crippen LogP contribution in [0.25, 0.3) is 11.0 Å². The number of fused-ring (bicyclic) bond motifs is 1. The Hall–Kier alpha value is -3.87. The Morgan fingerprint density at radius 2 is 1.57 bits per heavy atom. The summed E-state index contributed by atoms with van der Waals surface area (Å²) >= 11 is 0. The smallest absolute Gasteiger partial charge is 0.314 e. The minimum atomic E-state index is -0.731. The number of nitrogens with zero attached hydrogens (tertiary/aromatic N) is 1. The van der Waals surface area contributed by atoms with Crippen molar-refractivity contribution in [3.8, 4) is 0 Å². The summed E-state index contributed by atoms with van der Waals surface area (Å²) in [6, 6.07) is 18.1. The number of aromatic nitrogens is 3. The van der Waals surface area contributed by atoms with Gasteiger partial charge in [-0.15, -0.1) is 0 Å². The van der Waals surface area contributed by atoms with E-state index < -0.39 is 17.2 Å². The fourth-order valence-electron chi connectivity index (χ4n) is 3.14. The molecule has 0 radical (unpaired) electrons. The van der Waals surface area contributed by atoms with Crippen LogP contribution in [-0.2, 0) is 11.2 Å².